The summed E-state index contributed by atoms with van der Waals surface area (Å²) in [5.74, 6) is 0. The van der Waals surface area contributed by atoms with Gasteiger partial charge in [0, 0.05) is 0 Å². The number of unbranched alkanes of at least 4 members (excludes halogenated alkanes) is 4. The molecular formula is C12H24O. The van der Waals surface area contributed by atoms with E-state index >= 15 is 0 Å². The van der Waals surface area contributed by atoms with Gasteiger partial charge in [0.1, 0.15) is 0 Å². The summed E-state index contributed by atoms with van der Waals surface area (Å²) in [6.45, 7) is 4.03. The molecule has 0 aliphatic heterocycles. The van der Waals surface area contributed by atoms with Crippen molar-refractivity contribution in [1.82, 2.24) is 0 Å². The van der Waals surface area contributed by atoms with E-state index in [1.807, 2.05) is 6.92 Å². The quantitative estimate of drug-likeness (QED) is 0.451. The van der Waals surface area contributed by atoms with Crippen molar-refractivity contribution in [2.75, 3.05) is 0 Å². The smallest absolute Gasteiger partial charge is 0.0512 e. The molecule has 0 radical (unpaired) electrons. The largest absolute Gasteiger partial charge is 0.393 e. The molecule has 0 aliphatic carbocycles. The third-order valence-electron chi connectivity index (χ3n) is 2.15. The van der Waals surface area contributed by atoms with Gasteiger partial charge in [-0.1, -0.05) is 38.3 Å². The summed E-state index contributed by atoms with van der Waals surface area (Å²) in [6.07, 6.45) is 12.8. The van der Waals surface area contributed by atoms with E-state index in [4.69, 9.17) is 5.11 Å². The van der Waals surface area contributed by atoms with Crippen molar-refractivity contribution in [2.45, 2.75) is 64.9 Å². The average Bonchev–Trinajstić information content (AvgIpc) is 2.09. The van der Waals surface area contributed by atoms with Crippen LogP contribution >= 0.6 is 0 Å². The van der Waals surface area contributed by atoms with Crippen molar-refractivity contribution in [1.29, 1.82) is 0 Å². The van der Waals surface area contributed by atoms with Crippen molar-refractivity contribution in [2.24, 2.45) is 0 Å². The van der Waals surface area contributed by atoms with Gasteiger partial charge in [-0.25, -0.2) is 0 Å². The van der Waals surface area contributed by atoms with Crippen molar-refractivity contribution in [3.8, 4) is 0 Å². The van der Waals surface area contributed by atoms with E-state index in [0.29, 0.717) is 0 Å². The summed E-state index contributed by atoms with van der Waals surface area (Å²) in [5.41, 5.74) is 0. The molecule has 0 aromatic carbocycles. The van der Waals surface area contributed by atoms with Crippen molar-refractivity contribution < 1.29 is 5.11 Å². The number of aliphatic hydroxyl groups is 1. The van der Waals surface area contributed by atoms with Gasteiger partial charge in [-0.05, 0) is 32.6 Å². The van der Waals surface area contributed by atoms with E-state index in [0.717, 1.165) is 12.8 Å². The van der Waals surface area contributed by atoms with Gasteiger partial charge >= 0.3 is 0 Å². The Balaban J connectivity index is 2.95. The van der Waals surface area contributed by atoms with Gasteiger partial charge in [-0.15, -0.1) is 0 Å². The Morgan fingerprint density at radius 2 is 1.77 bits per heavy atom. The van der Waals surface area contributed by atoms with Crippen LogP contribution in [0.1, 0.15) is 58.8 Å². The van der Waals surface area contributed by atoms with Crippen molar-refractivity contribution in [3.05, 3.63) is 12.2 Å². The van der Waals surface area contributed by atoms with Crippen LogP contribution in [0.4, 0.5) is 0 Å². The third kappa shape index (κ3) is 11.7. The van der Waals surface area contributed by atoms with Gasteiger partial charge in [-0.3, -0.25) is 0 Å². The Hall–Kier alpha value is -0.300. The molecule has 1 nitrogen and oxygen atoms in total. The molecule has 0 aromatic heterocycles. The second-order valence-corrected chi connectivity index (χ2v) is 3.72. The second-order valence-electron chi connectivity index (χ2n) is 3.72. The molecule has 0 saturated heterocycles. The summed E-state index contributed by atoms with van der Waals surface area (Å²) in [7, 11) is 0. The van der Waals surface area contributed by atoms with E-state index in [2.05, 4.69) is 19.1 Å². The first-order valence-corrected chi connectivity index (χ1v) is 5.60. The fraction of sp³-hybridized carbons (Fsp3) is 0.833. The topological polar surface area (TPSA) is 20.2 Å². The standard InChI is InChI=1S/C12H24O/c1-3-4-5-6-7-8-9-10-11-12(2)13/h4-5,12-13H,3,6-11H2,1-2H3/b5-4-. The van der Waals surface area contributed by atoms with Crippen LogP contribution in [0.25, 0.3) is 0 Å². The predicted molar refractivity (Wildman–Crippen MR) is 58.8 cm³/mol. The minimum atomic E-state index is -0.111. The van der Waals surface area contributed by atoms with Crippen LogP contribution < -0.4 is 0 Å². The Labute approximate surface area is 82.9 Å². The molecule has 1 atom stereocenters. The summed E-state index contributed by atoms with van der Waals surface area (Å²) in [6, 6.07) is 0. The number of aliphatic hydroxyl groups excluding tert-OH is 1. The minimum absolute atomic E-state index is 0.111. The second kappa shape index (κ2) is 9.79. The Bertz CT molecular complexity index is 116. The van der Waals surface area contributed by atoms with Crippen molar-refractivity contribution >= 4 is 0 Å². The molecule has 0 fully saturated rings. The lowest BCUT2D eigenvalue weighted by Gasteiger charge is -2.02. The highest BCUT2D eigenvalue weighted by Gasteiger charge is 1.94. The van der Waals surface area contributed by atoms with Gasteiger partial charge in [0.05, 0.1) is 6.10 Å². The third-order valence-corrected chi connectivity index (χ3v) is 2.15. The van der Waals surface area contributed by atoms with E-state index in [-0.39, 0.29) is 6.10 Å². The average molecular weight is 184 g/mol. The highest BCUT2D eigenvalue weighted by molar-refractivity contribution is 4.79. The van der Waals surface area contributed by atoms with Crippen LogP contribution in [0.5, 0.6) is 0 Å². The lowest BCUT2D eigenvalue weighted by molar-refractivity contribution is 0.180. The molecule has 0 spiro atoms. The molecule has 13 heavy (non-hydrogen) atoms. The van der Waals surface area contributed by atoms with Gasteiger partial charge in [0.15, 0.2) is 0 Å². The maximum Gasteiger partial charge on any atom is 0.0512 e. The van der Waals surface area contributed by atoms with Crippen LogP contribution in [-0.2, 0) is 0 Å². The summed E-state index contributed by atoms with van der Waals surface area (Å²) < 4.78 is 0. The number of rotatable bonds is 8. The van der Waals surface area contributed by atoms with Crippen molar-refractivity contribution in [3.63, 3.8) is 0 Å². The van der Waals surface area contributed by atoms with Crippen LogP contribution in [0.2, 0.25) is 0 Å². The van der Waals surface area contributed by atoms with Gasteiger partial charge < -0.3 is 5.11 Å². The molecular weight excluding hydrogens is 160 g/mol. The number of allylic oxidation sites excluding steroid dienone is 2. The molecule has 0 heterocycles. The van der Waals surface area contributed by atoms with Gasteiger partial charge in [0.25, 0.3) is 0 Å². The van der Waals surface area contributed by atoms with E-state index in [9.17, 15) is 0 Å². The van der Waals surface area contributed by atoms with Crippen LogP contribution in [0.15, 0.2) is 12.2 Å². The fourth-order valence-corrected chi connectivity index (χ4v) is 1.34. The maximum absolute atomic E-state index is 9.01. The number of hydrogen-bond acceptors (Lipinski definition) is 1. The fourth-order valence-electron chi connectivity index (χ4n) is 1.34. The summed E-state index contributed by atoms with van der Waals surface area (Å²) in [5, 5.41) is 9.01. The first-order chi connectivity index (χ1) is 6.27. The Morgan fingerprint density at radius 3 is 2.38 bits per heavy atom. The predicted octanol–water partition coefficient (Wildman–Crippen LogP) is 3.67. The molecule has 1 N–H and O–H groups in total. The molecule has 0 aromatic rings. The first kappa shape index (κ1) is 12.7. The van der Waals surface area contributed by atoms with E-state index < -0.39 is 0 Å². The van der Waals surface area contributed by atoms with E-state index in [1.165, 1.54) is 32.1 Å². The van der Waals surface area contributed by atoms with Gasteiger partial charge in [-0.2, -0.15) is 0 Å². The highest BCUT2D eigenvalue weighted by atomic mass is 16.3. The highest BCUT2D eigenvalue weighted by Crippen LogP contribution is 2.07. The SMILES string of the molecule is CC/C=C\CCCCCCC(C)O. The lowest BCUT2D eigenvalue weighted by Crippen LogP contribution is -1.97. The molecule has 0 saturated carbocycles. The Kier molecular flexibility index (Phi) is 9.56. The minimum Gasteiger partial charge on any atom is -0.393 e. The van der Waals surface area contributed by atoms with Gasteiger partial charge in [0.2, 0.25) is 0 Å². The molecule has 0 rings (SSSR count). The Morgan fingerprint density at radius 1 is 1.08 bits per heavy atom. The van der Waals surface area contributed by atoms with Crippen LogP contribution in [0, 0.1) is 0 Å². The normalized spacial score (nSPS) is 13.8. The summed E-state index contributed by atoms with van der Waals surface area (Å²) in [4.78, 5) is 0. The lowest BCUT2D eigenvalue weighted by atomic mass is 10.1. The zero-order chi connectivity index (χ0) is 9.94. The zero-order valence-electron chi connectivity index (χ0n) is 9.13. The monoisotopic (exact) mass is 184 g/mol. The van der Waals surface area contributed by atoms with Crippen LogP contribution in [0.3, 0.4) is 0 Å². The molecule has 0 aliphatic rings. The molecule has 0 amide bonds. The molecule has 78 valence electrons. The molecule has 0 bridgehead atoms. The maximum atomic E-state index is 9.01. The summed E-state index contributed by atoms with van der Waals surface area (Å²) >= 11 is 0. The van der Waals surface area contributed by atoms with Crippen LogP contribution in [-0.4, -0.2) is 11.2 Å². The first-order valence-electron chi connectivity index (χ1n) is 5.60. The molecule has 1 heteroatoms. The van der Waals surface area contributed by atoms with E-state index in [1.54, 1.807) is 0 Å². The zero-order valence-corrected chi connectivity index (χ0v) is 9.13. The number of hydrogen-bond donors (Lipinski definition) is 1. The molecule has 1 unspecified atom stereocenters.